The molecule has 37 heavy (non-hydrogen) atoms. The Balaban J connectivity index is 1.54. The third-order valence-electron chi connectivity index (χ3n) is 6.93. The van der Waals surface area contributed by atoms with E-state index < -0.39 is 41.3 Å². The largest absolute Gasteiger partial charge is 0.462 e. The summed E-state index contributed by atoms with van der Waals surface area (Å²) in [5.41, 5.74) is 5.00. The van der Waals surface area contributed by atoms with Crippen LogP contribution in [0.3, 0.4) is 0 Å². The second kappa shape index (κ2) is 10.4. The monoisotopic (exact) mass is 515 g/mol. The van der Waals surface area contributed by atoms with Gasteiger partial charge in [-0.25, -0.2) is 0 Å². The second-order valence-electron chi connectivity index (χ2n) is 9.44. The number of aromatic nitrogens is 1. The van der Waals surface area contributed by atoms with E-state index in [1.54, 1.807) is 18.2 Å². The van der Waals surface area contributed by atoms with Crippen molar-refractivity contribution in [3.8, 4) is 11.3 Å². The van der Waals surface area contributed by atoms with E-state index in [-0.39, 0.29) is 35.1 Å². The molecule has 1 aliphatic rings. The normalized spacial score (nSPS) is 19.5. The number of carbonyl (C=O) groups is 2. The third-order valence-corrected chi connectivity index (χ3v) is 6.93. The molecule has 1 saturated heterocycles. The molecule has 196 valence electrons. The Hall–Kier alpha value is -3.66. The van der Waals surface area contributed by atoms with Gasteiger partial charge in [-0.3, -0.25) is 14.4 Å². The first kappa shape index (κ1) is 26.4. The van der Waals surface area contributed by atoms with E-state index in [1.807, 2.05) is 13.8 Å². The Kier molecular flexibility index (Phi) is 7.40. The predicted molar refractivity (Wildman–Crippen MR) is 133 cm³/mol. The van der Waals surface area contributed by atoms with Gasteiger partial charge in [0.1, 0.15) is 12.6 Å². The molecule has 2 aromatic carbocycles. The van der Waals surface area contributed by atoms with Crippen molar-refractivity contribution in [2.45, 2.75) is 50.9 Å². The molecular weight excluding hydrogens is 487 g/mol. The fourth-order valence-electron chi connectivity index (χ4n) is 4.52. The van der Waals surface area contributed by atoms with Gasteiger partial charge in [-0.15, -0.1) is 0 Å². The van der Waals surface area contributed by atoms with Crippen molar-refractivity contribution in [3.63, 3.8) is 0 Å². The van der Waals surface area contributed by atoms with E-state index in [0.717, 1.165) is 12.5 Å². The molecule has 1 unspecified atom stereocenters. The number of hydrogen-bond donors (Lipinski definition) is 3. The van der Waals surface area contributed by atoms with Crippen molar-refractivity contribution in [3.05, 3.63) is 70.0 Å². The van der Waals surface area contributed by atoms with Gasteiger partial charge < -0.3 is 20.8 Å². The molecule has 1 amide bonds. The lowest BCUT2D eigenvalue weighted by atomic mass is 9.93. The molecule has 0 saturated carbocycles. The number of aromatic amines is 1. The molecule has 2 heterocycles. The molecule has 0 radical (unpaired) electrons. The Bertz CT molecular complexity index is 1390. The number of H-pyrrole nitrogens is 1. The molecule has 0 spiro atoms. The molecular formula is C27H28F3N3O4. The zero-order valence-electron chi connectivity index (χ0n) is 20.4. The maximum Gasteiger partial charge on any atom is 0.417 e. The minimum Gasteiger partial charge on any atom is -0.462 e. The molecule has 0 aliphatic carbocycles. The van der Waals surface area contributed by atoms with Gasteiger partial charge in [-0.05, 0) is 41.5 Å². The lowest BCUT2D eigenvalue weighted by molar-refractivity contribution is -0.147. The molecule has 7 nitrogen and oxygen atoms in total. The summed E-state index contributed by atoms with van der Waals surface area (Å²) < 4.78 is 45.7. The van der Waals surface area contributed by atoms with Crippen LogP contribution in [-0.2, 0) is 20.5 Å². The fraction of sp³-hybridized carbons (Fsp3) is 0.370. The van der Waals surface area contributed by atoms with Crippen LogP contribution in [0, 0.1) is 5.92 Å². The van der Waals surface area contributed by atoms with Gasteiger partial charge in [0.25, 0.3) is 5.56 Å². The van der Waals surface area contributed by atoms with Crippen LogP contribution in [0.15, 0.2) is 53.3 Å². The van der Waals surface area contributed by atoms with Crippen molar-refractivity contribution in [1.29, 1.82) is 0 Å². The zero-order valence-corrected chi connectivity index (χ0v) is 20.4. The average Bonchev–Trinajstić information content (AvgIpc) is 3.25. The van der Waals surface area contributed by atoms with Crippen LogP contribution < -0.4 is 16.6 Å². The number of alkyl halides is 3. The lowest BCUT2D eigenvalue weighted by Gasteiger charge is -2.18. The zero-order chi connectivity index (χ0) is 26.9. The Morgan fingerprint density at radius 3 is 2.59 bits per heavy atom. The summed E-state index contributed by atoms with van der Waals surface area (Å²) in [5, 5.41) is 3.51. The van der Waals surface area contributed by atoms with Gasteiger partial charge >= 0.3 is 12.1 Å². The van der Waals surface area contributed by atoms with Crippen LogP contribution in [0.1, 0.15) is 43.7 Å². The smallest absolute Gasteiger partial charge is 0.417 e. The van der Waals surface area contributed by atoms with Crippen LogP contribution >= 0.6 is 0 Å². The first-order valence-electron chi connectivity index (χ1n) is 12.1. The highest BCUT2D eigenvalue weighted by molar-refractivity contribution is 5.90. The maximum atomic E-state index is 13.5. The molecule has 4 N–H and O–H groups in total. The second-order valence-corrected chi connectivity index (χ2v) is 9.44. The molecule has 1 fully saturated rings. The third kappa shape index (κ3) is 5.53. The molecule has 3 aromatic rings. The number of pyridine rings is 1. The highest BCUT2D eigenvalue weighted by Gasteiger charge is 2.35. The van der Waals surface area contributed by atoms with Crippen molar-refractivity contribution in [2.75, 3.05) is 6.61 Å². The Morgan fingerprint density at radius 1 is 1.16 bits per heavy atom. The van der Waals surface area contributed by atoms with Gasteiger partial charge in [0.05, 0.1) is 17.5 Å². The van der Waals surface area contributed by atoms with Gasteiger partial charge in [0.2, 0.25) is 5.91 Å². The first-order chi connectivity index (χ1) is 17.5. The number of hydrogen-bond acceptors (Lipinski definition) is 5. The quantitative estimate of drug-likeness (QED) is 0.410. The van der Waals surface area contributed by atoms with E-state index in [0.29, 0.717) is 17.4 Å². The minimum atomic E-state index is -4.58. The fourth-order valence-corrected chi connectivity index (χ4v) is 4.52. The number of fused-ring (bicyclic) bond motifs is 1. The summed E-state index contributed by atoms with van der Waals surface area (Å²) >= 11 is 0. The van der Waals surface area contributed by atoms with E-state index in [1.165, 1.54) is 24.3 Å². The molecule has 4 atom stereocenters. The van der Waals surface area contributed by atoms with Crippen molar-refractivity contribution in [2.24, 2.45) is 11.7 Å². The van der Waals surface area contributed by atoms with Gasteiger partial charge in [0, 0.05) is 16.6 Å². The van der Waals surface area contributed by atoms with E-state index in [4.69, 9.17) is 10.5 Å². The molecule has 0 bridgehead atoms. The van der Waals surface area contributed by atoms with Crippen LogP contribution in [-0.4, -0.2) is 35.6 Å². The predicted octanol–water partition coefficient (Wildman–Crippen LogP) is 4.10. The van der Waals surface area contributed by atoms with Crippen LogP contribution in [0.25, 0.3) is 22.0 Å². The van der Waals surface area contributed by atoms with Crippen LogP contribution in [0.2, 0.25) is 0 Å². The summed E-state index contributed by atoms with van der Waals surface area (Å²) in [7, 11) is 0. The summed E-state index contributed by atoms with van der Waals surface area (Å²) in [6, 6.07) is 10.3. The highest BCUT2D eigenvalue weighted by atomic mass is 19.4. The Labute approximate surface area is 211 Å². The maximum absolute atomic E-state index is 13.5. The summed E-state index contributed by atoms with van der Waals surface area (Å²) in [5.74, 6) is -1.39. The number of carbonyl (C=O) groups excluding carboxylic acids is 2. The molecule has 1 aromatic heterocycles. The topological polar surface area (TPSA) is 114 Å². The highest BCUT2D eigenvalue weighted by Crippen LogP contribution is 2.37. The van der Waals surface area contributed by atoms with Crippen molar-refractivity contribution >= 4 is 22.6 Å². The Morgan fingerprint density at radius 2 is 1.89 bits per heavy atom. The standard InChI is InChI=1S/C27H28F3N3O4/c1-3-14(2)23(31)26(36)37-13-17-12-20(24(34)32-17)15-8-9-16-11-22(33-25(35)19(16)10-15)18-6-4-5-7-21(18)27(28,29)30/h4-11,14,17,20,23H,3,12-13,31H2,1-2H3,(H,32,34)(H,33,35)/t14-,17?,20+,23-/m0/s1. The average molecular weight is 516 g/mol. The SMILES string of the molecule is CC[C@H](C)[C@H](N)C(=O)OCC1C[C@H](c2ccc3cc(-c4ccccc4C(F)(F)F)[nH]c(=O)c3c2)C(=O)N1. The number of halogens is 3. The summed E-state index contributed by atoms with van der Waals surface area (Å²) in [6.45, 7) is 3.77. The van der Waals surface area contributed by atoms with E-state index >= 15 is 0 Å². The number of benzene rings is 2. The molecule has 4 rings (SSSR count). The number of ether oxygens (including phenoxy) is 1. The first-order valence-corrected chi connectivity index (χ1v) is 12.1. The number of esters is 1. The summed E-state index contributed by atoms with van der Waals surface area (Å²) in [6.07, 6.45) is -3.49. The van der Waals surface area contributed by atoms with E-state index in [2.05, 4.69) is 10.3 Å². The molecule has 10 heteroatoms. The number of rotatable bonds is 7. The van der Waals surface area contributed by atoms with Gasteiger partial charge in [0.15, 0.2) is 0 Å². The lowest BCUT2D eigenvalue weighted by Crippen LogP contribution is -2.40. The van der Waals surface area contributed by atoms with Gasteiger partial charge in [-0.2, -0.15) is 13.2 Å². The summed E-state index contributed by atoms with van der Waals surface area (Å²) in [4.78, 5) is 40.2. The van der Waals surface area contributed by atoms with Crippen LogP contribution in [0.4, 0.5) is 13.2 Å². The van der Waals surface area contributed by atoms with Gasteiger partial charge in [-0.1, -0.05) is 50.6 Å². The van der Waals surface area contributed by atoms with Crippen molar-refractivity contribution in [1.82, 2.24) is 10.3 Å². The number of nitrogens with two attached hydrogens (primary N) is 1. The molecule has 1 aliphatic heterocycles. The number of nitrogens with one attached hydrogen (secondary N) is 2. The number of amides is 1. The minimum absolute atomic E-state index is 0.0126. The van der Waals surface area contributed by atoms with E-state index in [9.17, 15) is 27.6 Å². The van der Waals surface area contributed by atoms with Crippen LogP contribution in [0.5, 0.6) is 0 Å². The van der Waals surface area contributed by atoms with Crippen molar-refractivity contribution < 1.29 is 27.5 Å².